The lowest BCUT2D eigenvalue weighted by Gasteiger charge is -1.93. The van der Waals surface area contributed by atoms with Gasteiger partial charge in [0, 0.05) is 0 Å². The van der Waals surface area contributed by atoms with Crippen LogP contribution in [0.4, 0.5) is 0 Å². The lowest BCUT2D eigenvalue weighted by molar-refractivity contribution is -0.116. The van der Waals surface area contributed by atoms with E-state index in [9.17, 15) is 4.79 Å². The first-order chi connectivity index (χ1) is 6.33. The second-order valence-electron chi connectivity index (χ2n) is 2.16. The molecule has 1 heterocycles. The number of amides is 1. The van der Waals surface area contributed by atoms with Crippen molar-refractivity contribution in [2.75, 3.05) is 11.6 Å². The SMILES string of the molecule is C=C/C=C\SC/N=C1\NC(=O)CS1. The molecule has 0 aromatic heterocycles. The monoisotopic (exact) mass is 214 g/mol. The minimum atomic E-state index is 0.0374. The van der Waals surface area contributed by atoms with Crippen LogP contribution in [0.15, 0.2) is 29.1 Å². The maximum Gasteiger partial charge on any atom is 0.236 e. The summed E-state index contributed by atoms with van der Waals surface area (Å²) in [4.78, 5) is 14.9. The Bertz CT molecular complexity index is 261. The molecule has 1 saturated heterocycles. The van der Waals surface area contributed by atoms with Gasteiger partial charge >= 0.3 is 0 Å². The fourth-order valence-corrected chi connectivity index (χ4v) is 1.94. The predicted molar refractivity (Wildman–Crippen MR) is 59.8 cm³/mol. The number of hydrogen-bond acceptors (Lipinski definition) is 4. The molecule has 1 fully saturated rings. The quantitative estimate of drug-likeness (QED) is 0.571. The molecule has 70 valence electrons. The molecule has 5 heteroatoms. The molecule has 0 spiro atoms. The summed E-state index contributed by atoms with van der Waals surface area (Å²) in [7, 11) is 0. The average Bonchev–Trinajstić information content (AvgIpc) is 2.51. The van der Waals surface area contributed by atoms with Crippen LogP contribution < -0.4 is 5.32 Å². The third kappa shape index (κ3) is 4.19. The molecule has 1 aliphatic rings. The highest BCUT2D eigenvalue weighted by Crippen LogP contribution is 2.10. The van der Waals surface area contributed by atoms with Crippen LogP contribution in [0.5, 0.6) is 0 Å². The second kappa shape index (κ2) is 5.88. The number of hydrogen-bond donors (Lipinski definition) is 1. The summed E-state index contributed by atoms with van der Waals surface area (Å²) in [6, 6.07) is 0. The molecule has 1 aliphatic heterocycles. The van der Waals surface area contributed by atoms with Crippen LogP contribution in [-0.4, -0.2) is 22.7 Å². The topological polar surface area (TPSA) is 41.5 Å². The standard InChI is InChI=1S/C8H10N2OS2/c1-2-3-4-12-6-9-8-10-7(11)5-13-8/h2-4H,1,5-6H2,(H,9,10,11)/b4-3-. The smallest absolute Gasteiger partial charge is 0.236 e. The first-order valence-corrected chi connectivity index (χ1v) is 5.72. The summed E-state index contributed by atoms with van der Waals surface area (Å²) < 4.78 is 0. The van der Waals surface area contributed by atoms with E-state index in [4.69, 9.17) is 0 Å². The highest BCUT2D eigenvalue weighted by Gasteiger charge is 2.15. The van der Waals surface area contributed by atoms with Crippen LogP contribution >= 0.6 is 23.5 Å². The van der Waals surface area contributed by atoms with Crippen molar-refractivity contribution >= 4 is 34.6 Å². The van der Waals surface area contributed by atoms with Gasteiger partial charge in [0.2, 0.25) is 5.91 Å². The Hall–Kier alpha value is -0.680. The number of carbonyl (C=O) groups is 1. The van der Waals surface area contributed by atoms with Gasteiger partial charge in [-0.15, -0.1) is 11.8 Å². The molecule has 0 aliphatic carbocycles. The average molecular weight is 214 g/mol. The maximum atomic E-state index is 10.7. The molecule has 0 saturated carbocycles. The summed E-state index contributed by atoms with van der Waals surface area (Å²) >= 11 is 3.01. The summed E-state index contributed by atoms with van der Waals surface area (Å²) in [5.74, 6) is 1.16. The molecule has 0 atom stereocenters. The van der Waals surface area contributed by atoms with Gasteiger partial charge in [-0.2, -0.15) is 0 Å². The molecule has 0 radical (unpaired) electrons. The van der Waals surface area contributed by atoms with Gasteiger partial charge in [0.25, 0.3) is 0 Å². The van der Waals surface area contributed by atoms with Gasteiger partial charge in [-0.05, 0) is 5.41 Å². The Kier molecular flexibility index (Phi) is 4.70. The Labute approximate surface area is 85.8 Å². The van der Waals surface area contributed by atoms with Crippen molar-refractivity contribution in [1.29, 1.82) is 0 Å². The summed E-state index contributed by atoms with van der Waals surface area (Å²) in [5, 5.41) is 5.30. The zero-order valence-corrected chi connectivity index (χ0v) is 8.66. The van der Waals surface area contributed by atoms with Crippen molar-refractivity contribution in [3.8, 4) is 0 Å². The molecule has 0 unspecified atom stereocenters. The van der Waals surface area contributed by atoms with E-state index in [-0.39, 0.29) is 5.91 Å². The zero-order valence-electron chi connectivity index (χ0n) is 7.03. The summed E-state index contributed by atoms with van der Waals surface area (Å²) in [6.07, 6.45) is 3.57. The minimum absolute atomic E-state index is 0.0374. The first kappa shape index (κ1) is 10.4. The van der Waals surface area contributed by atoms with Gasteiger partial charge < -0.3 is 5.32 Å². The van der Waals surface area contributed by atoms with E-state index < -0.39 is 0 Å². The van der Waals surface area contributed by atoms with E-state index in [1.54, 1.807) is 17.8 Å². The van der Waals surface area contributed by atoms with Crippen molar-refractivity contribution in [2.24, 2.45) is 4.99 Å². The highest BCUT2D eigenvalue weighted by molar-refractivity contribution is 8.15. The zero-order chi connectivity index (χ0) is 9.52. The lowest BCUT2D eigenvalue weighted by Crippen LogP contribution is -2.20. The fraction of sp³-hybridized carbons (Fsp3) is 0.250. The van der Waals surface area contributed by atoms with E-state index in [2.05, 4.69) is 16.9 Å². The van der Waals surface area contributed by atoms with Crippen LogP contribution in [0.3, 0.4) is 0 Å². The number of aliphatic imine (C=N–C) groups is 1. The van der Waals surface area contributed by atoms with E-state index in [1.807, 2.05) is 11.5 Å². The van der Waals surface area contributed by atoms with E-state index in [1.165, 1.54) is 11.8 Å². The van der Waals surface area contributed by atoms with Crippen molar-refractivity contribution in [1.82, 2.24) is 5.32 Å². The van der Waals surface area contributed by atoms with Gasteiger partial charge in [-0.3, -0.25) is 9.79 Å². The fourth-order valence-electron chi connectivity index (χ4n) is 0.661. The number of carbonyl (C=O) groups excluding carboxylic acids is 1. The maximum absolute atomic E-state index is 10.7. The van der Waals surface area contributed by atoms with Crippen LogP contribution in [0.25, 0.3) is 0 Å². The third-order valence-electron chi connectivity index (χ3n) is 1.18. The Morgan fingerprint density at radius 1 is 1.77 bits per heavy atom. The van der Waals surface area contributed by atoms with Gasteiger partial charge in [-0.25, -0.2) is 0 Å². The largest absolute Gasteiger partial charge is 0.305 e. The number of allylic oxidation sites excluding steroid dienone is 2. The van der Waals surface area contributed by atoms with Gasteiger partial charge in [0.05, 0.1) is 11.6 Å². The van der Waals surface area contributed by atoms with Crippen molar-refractivity contribution in [3.63, 3.8) is 0 Å². The summed E-state index contributed by atoms with van der Waals surface area (Å²) in [6.45, 7) is 3.55. The van der Waals surface area contributed by atoms with E-state index >= 15 is 0 Å². The number of amidine groups is 1. The van der Waals surface area contributed by atoms with Crippen molar-refractivity contribution in [2.45, 2.75) is 0 Å². The number of nitrogens with zero attached hydrogens (tertiary/aromatic N) is 1. The molecule has 1 N–H and O–H groups in total. The van der Waals surface area contributed by atoms with Gasteiger partial charge in [0.15, 0.2) is 5.17 Å². The minimum Gasteiger partial charge on any atom is -0.305 e. The normalized spacial score (nSPS) is 19.7. The van der Waals surface area contributed by atoms with Crippen LogP contribution in [0, 0.1) is 0 Å². The molecular weight excluding hydrogens is 204 g/mol. The molecule has 13 heavy (non-hydrogen) atoms. The Morgan fingerprint density at radius 2 is 2.62 bits per heavy atom. The van der Waals surface area contributed by atoms with Gasteiger partial charge in [-0.1, -0.05) is 30.5 Å². The van der Waals surface area contributed by atoms with E-state index in [0.29, 0.717) is 11.6 Å². The van der Waals surface area contributed by atoms with E-state index in [0.717, 1.165) is 5.17 Å². The Balaban J connectivity index is 2.20. The number of rotatable bonds is 4. The van der Waals surface area contributed by atoms with Crippen molar-refractivity contribution < 1.29 is 4.79 Å². The number of nitrogens with one attached hydrogen (secondary N) is 1. The Morgan fingerprint density at radius 3 is 3.23 bits per heavy atom. The third-order valence-corrected chi connectivity index (χ3v) is 2.72. The highest BCUT2D eigenvalue weighted by atomic mass is 32.2. The van der Waals surface area contributed by atoms with Crippen LogP contribution in [0.1, 0.15) is 0 Å². The molecule has 0 aromatic carbocycles. The molecule has 3 nitrogen and oxygen atoms in total. The molecule has 1 amide bonds. The molecule has 0 aromatic rings. The van der Waals surface area contributed by atoms with Crippen molar-refractivity contribution in [3.05, 3.63) is 24.1 Å². The van der Waals surface area contributed by atoms with Crippen LogP contribution in [0.2, 0.25) is 0 Å². The summed E-state index contributed by atoms with van der Waals surface area (Å²) in [5.41, 5.74) is 0. The van der Waals surface area contributed by atoms with Crippen LogP contribution in [-0.2, 0) is 4.79 Å². The first-order valence-electron chi connectivity index (χ1n) is 3.69. The van der Waals surface area contributed by atoms with Gasteiger partial charge in [0.1, 0.15) is 0 Å². The molecule has 1 rings (SSSR count). The predicted octanol–water partition coefficient (Wildman–Crippen LogP) is 1.60. The number of thioether (sulfide) groups is 2. The second-order valence-corrected chi connectivity index (χ2v) is 3.99. The molecular formula is C8H10N2OS2. The lowest BCUT2D eigenvalue weighted by atomic mass is 10.6. The molecule has 0 bridgehead atoms.